The van der Waals surface area contributed by atoms with Gasteiger partial charge in [0.15, 0.2) is 0 Å². The zero-order valence-corrected chi connectivity index (χ0v) is 13.8. The highest BCUT2D eigenvalue weighted by molar-refractivity contribution is 7.10. The minimum absolute atomic E-state index is 0.252. The molecule has 1 nitrogen and oxygen atoms in total. The molecule has 1 unspecified atom stereocenters. The summed E-state index contributed by atoms with van der Waals surface area (Å²) >= 11 is 8.18. The number of rotatable bonds is 4. The van der Waals surface area contributed by atoms with E-state index >= 15 is 0 Å². The summed E-state index contributed by atoms with van der Waals surface area (Å²) in [7, 11) is 2.00. The van der Waals surface area contributed by atoms with Gasteiger partial charge in [0.1, 0.15) is 0 Å². The minimum atomic E-state index is 0.252. The lowest BCUT2D eigenvalue weighted by Crippen LogP contribution is -2.18. The fourth-order valence-corrected chi connectivity index (χ4v) is 4.14. The summed E-state index contributed by atoms with van der Waals surface area (Å²) in [6, 6.07) is 15.3. The Labute approximate surface area is 134 Å². The molecule has 21 heavy (non-hydrogen) atoms. The maximum Gasteiger partial charge on any atom is 0.0590 e. The van der Waals surface area contributed by atoms with Gasteiger partial charge in [-0.2, -0.15) is 0 Å². The molecule has 0 saturated heterocycles. The Bertz CT molecular complexity index is 758. The predicted molar refractivity (Wildman–Crippen MR) is 93.5 cm³/mol. The molecule has 0 bridgehead atoms. The molecular weight excluding hydrogens is 298 g/mol. The first-order chi connectivity index (χ1) is 10.2. The van der Waals surface area contributed by atoms with Crippen LogP contribution in [0.3, 0.4) is 0 Å². The zero-order chi connectivity index (χ0) is 14.8. The van der Waals surface area contributed by atoms with E-state index in [4.69, 9.17) is 11.6 Å². The number of halogens is 1. The van der Waals surface area contributed by atoms with E-state index in [0.717, 1.165) is 17.0 Å². The van der Waals surface area contributed by atoms with E-state index in [9.17, 15) is 0 Å². The second kappa shape index (κ2) is 6.18. The van der Waals surface area contributed by atoms with Crippen LogP contribution in [0.2, 0.25) is 5.02 Å². The third-order valence-electron chi connectivity index (χ3n) is 3.89. The molecule has 0 aliphatic rings. The molecule has 1 N–H and O–H groups in total. The van der Waals surface area contributed by atoms with Crippen LogP contribution in [0.15, 0.2) is 47.8 Å². The largest absolute Gasteiger partial charge is 0.312 e. The van der Waals surface area contributed by atoms with Gasteiger partial charge in [0.05, 0.1) is 5.02 Å². The number of likely N-dealkylation sites (N-methyl/N-ethyl adjacent to an activating group) is 1. The molecule has 0 aliphatic carbocycles. The van der Waals surface area contributed by atoms with Crippen molar-refractivity contribution < 1.29 is 0 Å². The third-order valence-corrected chi connectivity index (χ3v) is 5.72. The van der Waals surface area contributed by atoms with E-state index in [0.29, 0.717) is 0 Å². The maximum atomic E-state index is 6.44. The highest BCUT2D eigenvalue weighted by atomic mass is 35.5. The molecule has 3 aromatic rings. The molecule has 1 atom stereocenters. The summed E-state index contributed by atoms with van der Waals surface area (Å²) in [4.78, 5) is 1.23. The molecule has 0 radical (unpaired) electrons. The molecule has 0 aliphatic heterocycles. The first-order valence-electron chi connectivity index (χ1n) is 7.08. The van der Waals surface area contributed by atoms with Gasteiger partial charge >= 0.3 is 0 Å². The van der Waals surface area contributed by atoms with E-state index < -0.39 is 0 Å². The van der Waals surface area contributed by atoms with Crippen molar-refractivity contribution >= 4 is 33.7 Å². The predicted octanol–water partition coefficient (Wildman–Crippen LogP) is 5.37. The van der Waals surface area contributed by atoms with Gasteiger partial charge in [-0.1, -0.05) is 54.1 Å². The maximum absolute atomic E-state index is 6.44. The monoisotopic (exact) mass is 315 g/mol. The zero-order valence-electron chi connectivity index (χ0n) is 12.2. The van der Waals surface area contributed by atoms with Gasteiger partial charge in [0.2, 0.25) is 0 Å². The van der Waals surface area contributed by atoms with Gasteiger partial charge in [-0.25, -0.2) is 0 Å². The Hall–Kier alpha value is -1.35. The standard InChI is InChI=1S/C18H18ClNS/c1-12-11-21-18(17(12)19)16(20-2)10-14-8-5-7-13-6-3-4-9-15(13)14/h3-9,11,16,20H,10H2,1-2H3. The molecule has 0 amide bonds. The fraction of sp³-hybridized carbons (Fsp3) is 0.222. The van der Waals surface area contributed by atoms with Gasteiger partial charge in [-0.05, 0) is 47.7 Å². The Kier molecular flexibility index (Phi) is 4.29. The molecule has 0 fully saturated rings. The minimum Gasteiger partial charge on any atom is -0.312 e. The van der Waals surface area contributed by atoms with Crippen molar-refractivity contribution in [2.45, 2.75) is 19.4 Å². The lowest BCUT2D eigenvalue weighted by atomic mass is 9.98. The van der Waals surface area contributed by atoms with E-state index in [1.165, 1.54) is 21.2 Å². The van der Waals surface area contributed by atoms with Gasteiger partial charge in [-0.3, -0.25) is 0 Å². The smallest absolute Gasteiger partial charge is 0.0590 e. The lowest BCUT2D eigenvalue weighted by Gasteiger charge is -2.17. The van der Waals surface area contributed by atoms with Crippen molar-refractivity contribution in [2.75, 3.05) is 7.05 Å². The molecule has 0 saturated carbocycles. The SMILES string of the molecule is CNC(Cc1cccc2ccccc12)c1scc(C)c1Cl. The highest BCUT2D eigenvalue weighted by Crippen LogP contribution is 2.34. The number of aryl methyl sites for hydroxylation is 1. The Balaban J connectivity index is 1.98. The van der Waals surface area contributed by atoms with E-state index in [1.807, 2.05) is 7.05 Å². The van der Waals surface area contributed by atoms with Crippen molar-refractivity contribution in [1.82, 2.24) is 5.32 Å². The number of thiophene rings is 1. The summed E-state index contributed by atoms with van der Waals surface area (Å²) in [5.74, 6) is 0. The van der Waals surface area contributed by atoms with E-state index in [-0.39, 0.29) is 6.04 Å². The molecule has 3 heteroatoms. The molecule has 0 spiro atoms. The van der Waals surface area contributed by atoms with Crippen LogP contribution in [0, 0.1) is 6.92 Å². The van der Waals surface area contributed by atoms with Crippen LogP contribution in [-0.4, -0.2) is 7.05 Å². The van der Waals surface area contributed by atoms with Crippen LogP contribution < -0.4 is 5.32 Å². The summed E-state index contributed by atoms with van der Waals surface area (Å²) in [5, 5.41) is 9.06. The quantitative estimate of drug-likeness (QED) is 0.683. The summed E-state index contributed by atoms with van der Waals surface area (Å²) < 4.78 is 0. The average Bonchev–Trinajstić information content (AvgIpc) is 2.85. The van der Waals surface area contributed by atoms with Crippen LogP contribution in [0.5, 0.6) is 0 Å². The number of hydrogen-bond donors (Lipinski definition) is 1. The van der Waals surface area contributed by atoms with Gasteiger partial charge in [-0.15, -0.1) is 11.3 Å². The van der Waals surface area contributed by atoms with Crippen molar-refractivity contribution in [2.24, 2.45) is 0 Å². The molecule has 2 aromatic carbocycles. The van der Waals surface area contributed by atoms with Crippen molar-refractivity contribution in [3.05, 3.63) is 68.9 Å². The first-order valence-corrected chi connectivity index (χ1v) is 8.34. The normalized spacial score (nSPS) is 12.7. The summed E-state index contributed by atoms with van der Waals surface area (Å²) in [6.07, 6.45) is 0.942. The summed E-state index contributed by atoms with van der Waals surface area (Å²) in [5.41, 5.74) is 2.52. The highest BCUT2D eigenvalue weighted by Gasteiger charge is 2.17. The first kappa shape index (κ1) is 14.6. The number of fused-ring (bicyclic) bond motifs is 1. The van der Waals surface area contributed by atoms with Crippen molar-refractivity contribution in [1.29, 1.82) is 0 Å². The van der Waals surface area contributed by atoms with E-state index in [1.54, 1.807) is 11.3 Å². The van der Waals surface area contributed by atoms with Crippen LogP contribution >= 0.6 is 22.9 Å². The Morgan fingerprint density at radius 2 is 1.90 bits per heavy atom. The average molecular weight is 316 g/mol. The second-order valence-electron chi connectivity index (χ2n) is 5.28. The third kappa shape index (κ3) is 2.84. The number of hydrogen-bond acceptors (Lipinski definition) is 2. The number of benzene rings is 2. The second-order valence-corrected chi connectivity index (χ2v) is 6.57. The van der Waals surface area contributed by atoms with Crippen LogP contribution in [0.4, 0.5) is 0 Å². The molecule has 1 heterocycles. The van der Waals surface area contributed by atoms with Crippen molar-refractivity contribution in [3.8, 4) is 0 Å². The van der Waals surface area contributed by atoms with Gasteiger partial charge in [0, 0.05) is 10.9 Å². The molecular formula is C18H18ClNS. The summed E-state index contributed by atoms with van der Waals surface area (Å²) in [6.45, 7) is 2.06. The molecule has 108 valence electrons. The van der Waals surface area contributed by atoms with Crippen LogP contribution in [0.1, 0.15) is 22.0 Å². The Morgan fingerprint density at radius 1 is 1.14 bits per heavy atom. The van der Waals surface area contributed by atoms with E-state index in [2.05, 4.69) is 60.1 Å². The van der Waals surface area contributed by atoms with Crippen molar-refractivity contribution in [3.63, 3.8) is 0 Å². The van der Waals surface area contributed by atoms with Crippen LogP contribution in [0.25, 0.3) is 10.8 Å². The topological polar surface area (TPSA) is 12.0 Å². The van der Waals surface area contributed by atoms with Gasteiger partial charge < -0.3 is 5.32 Å². The number of nitrogens with one attached hydrogen (secondary N) is 1. The molecule has 1 aromatic heterocycles. The molecule has 3 rings (SSSR count). The Morgan fingerprint density at radius 3 is 2.62 bits per heavy atom. The van der Waals surface area contributed by atoms with Crippen LogP contribution in [-0.2, 0) is 6.42 Å². The van der Waals surface area contributed by atoms with Gasteiger partial charge in [0.25, 0.3) is 0 Å². The fourth-order valence-electron chi connectivity index (χ4n) is 2.70. The lowest BCUT2D eigenvalue weighted by molar-refractivity contribution is 0.604.